The monoisotopic (exact) mass is 318 g/mol. The number of likely N-dealkylation sites (N-methyl/N-ethyl adjacent to an activating group) is 1. The Kier molecular flexibility index (Phi) is 6.47. The Balaban J connectivity index is 2.36. The number of carbonyl (C=O) groups excluding carboxylic acids is 2. The SMILES string of the molecule is CN(C(=O)CSCC(=O)N1CCOCC1)C(C)(C)C(=O)O. The third kappa shape index (κ3) is 4.89. The summed E-state index contributed by atoms with van der Waals surface area (Å²) in [5, 5.41) is 9.07. The Morgan fingerprint density at radius 3 is 2.33 bits per heavy atom. The summed E-state index contributed by atoms with van der Waals surface area (Å²) in [4.78, 5) is 37.8. The van der Waals surface area contributed by atoms with Gasteiger partial charge in [-0.1, -0.05) is 0 Å². The van der Waals surface area contributed by atoms with E-state index >= 15 is 0 Å². The number of amides is 2. The minimum Gasteiger partial charge on any atom is -0.480 e. The Morgan fingerprint density at radius 1 is 1.24 bits per heavy atom. The Hall–Kier alpha value is -1.28. The van der Waals surface area contributed by atoms with Crippen LogP contribution >= 0.6 is 11.8 Å². The number of rotatable bonds is 6. The summed E-state index contributed by atoms with van der Waals surface area (Å²) in [5.74, 6) is -1.08. The number of aliphatic carboxylic acids is 1. The molecular formula is C13H22N2O5S. The molecule has 1 heterocycles. The second-order valence-electron chi connectivity index (χ2n) is 5.30. The van der Waals surface area contributed by atoms with Crippen molar-refractivity contribution in [1.29, 1.82) is 0 Å². The second-order valence-corrected chi connectivity index (χ2v) is 6.29. The molecule has 0 saturated carbocycles. The molecule has 0 aromatic carbocycles. The first-order valence-corrected chi connectivity index (χ1v) is 7.85. The number of ether oxygens (including phenoxy) is 1. The fraction of sp³-hybridized carbons (Fsp3) is 0.769. The van der Waals surface area contributed by atoms with Crippen LogP contribution in [0.2, 0.25) is 0 Å². The van der Waals surface area contributed by atoms with Crippen molar-refractivity contribution in [3.05, 3.63) is 0 Å². The number of hydrogen-bond donors (Lipinski definition) is 1. The zero-order valence-corrected chi connectivity index (χ0v) is 13.4. The molecule has 120 valence electrons. The van der Waals surface area contributed by atoms with E-state index in [2.05, 4.69) is 0 Å². The van der Waals surface area contributed by atoms with Crippen molar-refractivity contribution in [1.82, 2.24) is 9.80 Å². The number of carboxylic acids is 1. The van der Waals surface area contributed by atoms with Gasteiger partial charge >= 0.3 is 5.97 Å². The van der Waals surface area contributed by atoms with Gasteiger partial charge in [-0.3, -0.25) is 9.59 Å². The molecule has 1 saturated heterocycles. The zero-order chi connectivity index (χ0) is 16.0. The molecule has 7 nitrogen and oxygen atoms in total. The average molecular weight is 318 g/mol. The quantitative estimate of drug-likeness (QED) is 0.736. The van der Waals surface area contributed by atoms with Gasteiger partial charge < -0.3 is 19.6 Å². The zero-order valence-electron chi connectivity index (χ0n) is 12.6. The van der Waals surface area contributed by atoms with Gasteiger partial charge in [0.25, 0.3) is 0 Å². The van der Waals surface area contributed by atoms with E-state index in [4.69, 9.17) is 9.84 Å². The number of thioether (sulfide) groups is 1. The molecule has 2 amide bonds. The van der Waals surface area contributed by atoms with Crippen molar-refractivity contribution in [3.63, 3.8) is 0 Å². The van der Waals surface area contributed by atoms with E-state index in [-0.39, 0.29) is 23.3 Å². The number of morpholine rings is 1. The molecule has 1 fully saturated rings. The molecule has 0 aromatic heterocycles. The Labute approximate surface area is 128 Å². The van der Waals surface area contributed by atoms with Crippen molar-refractivity contribution < 1.29 is 24.2 Å². The summed E-state index contributed by atoms with van der Waals surface area (Å²) in [6, 6.07) is 0. The normalized spacial score (nSPS) is 15.7. The largest absolute Gasteiger partial charge is 0.480 e. The molecule has 0 bridgehead atoms. The molecule has 1 rings (SSSR count). The lowest BCUT2D eigenvalue weighted by molar-refractivity contribution is -0.154. The number of hydrogen-bond acceptors (Lipinski definition) is 5. The molecule has 8 heteroatoms. The van der Waals surface area contributed by atoms with E-state index in [1.54, 1.807) is 4.90 Å². The molecule has 0 radical (unpaired) electrons. The fourth-order valence-electron chi connectivity index (χ4n) is 1.68. The van der Waals surface area contributed by atoms with Crippen LogP contribution in [0.4, 0.5) is 0 Å². The first-order valence-electron chi connectivity index (χ1n) is 6.70. The van der Waals surface area contributed by atoms with Crippen LogP contribution in [0.3, 0.4) is 0 Å². The van der Waals surface area contributed by atoms with Crippen LogP contribution in [0.15, 0.2) is 0 Å². The van der Waals surface area contributed by atoms with E-state index in [1.807, 2.05) is 0 Å². The maximum Gasteiger partial charge on any atom is 0.329 e. The van der Waals surface area contributed by atoms with Crippen LogP contribution in [-0.2, 0) is 19.1 Å². The predicted molar refractivity (Wildman–Crippen MR) is 79.2 cm³/mol. The van der Waals surface area contributed by atoms with Gasteiger partial charge in [-0.05, 0) is 13.8 Å². The van der Waals surface area contributed by atoms with Crippen LogP contribution in [0.5, 0.6) is 0 Å². The molecular weight excluding hydrogens is 296 g/mol. The van der Waals surface area contributed by atoms with Crippen LogP contribution in [0, 0.1) is 0 Å². The van der Waals surface area contributed by atoms with Gasteiger partial charge in [0.1, 0.15) is 5.54 Å². The smallest absolute Gasteiger partial charge is 0.329 e. The molecule has 0 spiro atoms. The number of carbonyl (C=O) groups is 3. The average Bonchev–Trinajstić information content (AvgIpc) is 2.46. The topological polar surface area (TPSA) is 87.2 Å². The molecule has 0 unspecified atom stereocenters. The lowest BCUT2D eigenvalue weighted by atomic mass is 10.0. The maximum atomic E-state index is 11.9. The van der Waals surface area contributed by atoms with Crippen LogP contribution in [-0.4, -0.2) is 83.1 Å². The van der Waals surface area contributed by atoms with Crippen molar-refractivity contribution in [2.75, 3.05) is 44.9 Å². The first kappa shape index (κ1) is 17.8. The molecule has 0 aromatic rings. The van der Waals surface area contributed by atoms with Crippen LogP contribution in [0.1, 0.15) is 13.8 Å². The van der Waals surface area contributed by atoms with E-state index in [0.29, 0.717) is 26.3 Å². The molecule has 1 aliphatic rings. The molecule has 0 atom stereocenters. The van der Waals surface area contributed by atoms with Crippen molar-refractivity contribution in [3.8, 4) is 0 Å². The summed E-state index contributed by atoms with van der Waals surface area (Å²) in [7, 11) is 1.46. The molecule has 1 N–H and O–H groups in total. The number of carboxylic acid groups (broad SMARTS) is 1. The summed E-state index contributed by atoms with van der Waals surface area (Å²) in [6.45, 7) is 5.20. The summed E-state index contributed by atoms with van der Waals surface area (Å²) >= 11 is 1.20. The van der Waals surface area contributed by atoms with Crippen LogP contribution < -0.4 is 0 Å². The first-order chi connectivity index (χ1) is 9.76. The third-order valence-corrected chi connectivity index (χ3v) is 4.45. The van der Waals surface area contributed by atoms with Crippen molar-refractivity contribution >= 4 is 29.5 Å². The van der Waals surface area contributed by atoms with Gasteiger partial charge in [-0.2, -0.15) is 0 Å². The van der Waals surface area contributed by atoms with E-state index in [1.165, 1.54) is 37.6 Å². The lowest BCUT2D eigenvalue weighted by Gasteiger charge is -2.31. The highest BCUT2D eigenvalue weighted by atomic mass is 32.2. The Bertz CT molecular complexity index is 407. The molecule has 1 aliphatic heterocycles. The molecule has 0 aliphatic carbocycles. The number of nitrogens with zero attached hydrogens (tertiary/aromatic N) is 2. The minimum absolute atomic E-state index is 0.0174. The van der Waals surface area contributed by atoms with Gasteiger partial charge in [0.2, 0.25) is 11.8 Å². The Morgan fingerprint density at radius 2 is 1.81 bits per heavy atom. The van der Waals surface area contributed by atoms with Gasteiger partial charge in [0.05, 0.1) is 24.7 Å². The highest BCUT2D eigenvalue weighted by Gasteiger charge is 2.34. The summed E-state index contributed by atoms with van der Waals surface area (Å²) in [5.41, 5.74) is -1.26. The van der Waals surface area contributed by atoms with Crippen molar-refractivity contribution in [2.24, 2.45) is 0 Å². The summed E-state index contributed by atoms with van der Waals surface area (Å²) < 4.78 is 5.17. The fourth-order valence-corrected chi connectivity index (χ4v) is 2.51. The minimum atomic E-state index is -1.26. The standard InChI is InChI=1S/C13H22N2O5S/c1-13(2,12(18)19)14(3)10(16)8-21-9-11(17)15-4-6-20-7-5-15/h4-9H2,1-3H3,(H,18,19). The van der Waals surface area contributed by atoms with Crippen molar-refractivity contribution in [2.45, 2.75) is 19.4 Å². The third-order valence-electron chi connectivity index (χ3n) is 3.55. The highest BCUT2D eigenvalue weighted by molar-refractivity contribution is 8.00. The summed E-state index contributed by atoms with van der Waals surface area (Å²) in [6.07, 6.45) is 0. The van der Waals surface area contributed by atoms with Crippen LogP contribution in [0.25, 0.3) is 0 Å². The molecule has 21 heavy (non-hydrogen) atoms. The highest BCUT2D eigenvalue weighted by Crippen LogP contribution is 2.15. The second kappa shape index (κ2) is 7.65. The van der Waals surface area contributed by atoms with Gasteiger partial charge in [0.15, 0.2) is 0 Å². The van der Waals surface area contributed by atoms with E-state index < -0.39 is 11.5 Å². The van der Waals surface area contributed by atoms with Gasteiger partial charge in [-0.15, -0.1) is 11.8 Å². The van der Waals surface area contributed by atoms with E-state index in [9.17, 15) is 14.4 Å². The van der Waals surface area contributed by atoms with Gasteiger partial charge in [-0.25, -0.2) is 4.79 Å². The van der Waals surface area contributed by atoms with E-state index in [0.717, 1.165) is 0 Å². The van der Waals surface area contributed by atoms with Gasteiger partial charge in [0, 0.05) is 20.1 Å². The predicted octanol–water partition coefficient (Wildman–Crippen LogP) is -0.1000. The lowest BCUT2D eigenvalue weighted by Crippen LogP contribution is -2.51. The maximum absolute atomic E-state index is 11.9.